The molecule has 0 spiro atoms. The standard InChI is InChI=1S/C12H17NO4S/c1-2-18(15)4-3-13-7-9-5-11-12(6-10(9)14)17-8-16-11/h5-6,13-14H,2-4,7-8H2,1H3. The molecule has 1 aliphatic heterocycles. The molecular weight excluding hydrogens is 254 g/mol. The van der Waals surface area contributed by atoms with Crippen molar-refractivity contribution in [3.05, 3.63) is 17.7 Å². The number of fused-ring (bicyclic) bond motifs is 1. The van der Waals surface area contributed by atoms with Crippen molar-refractivity contribution in [1.82, 2.24) is 5.32 Å². The van der Waals surface area contributed by atoms with E-state index in [9.17, 15) is 9.32 Å². The van der Waals surface area contributed by atoms with Crippen LogP contribution in [0.15, 0.2) is 12.1 Å². The van der Waals surface area contributed by atoms with Crippen LogP contribution in [-0.2, 0) is 17.3 Å². The van der Waals surface area contributed by atoms with Gasteiger partial charge in [0, 0.05) is 47.0 Å². The molecule has 1 heterocycles. The second-order valence-electron chi connectivity index (χ2n) is 3.94. The fraction of sp³-hybridized carbons (Fsp3) is 0.500. The summed E-state index contributed by atoms with van der Waals surface area (Å²) in [5.41, 5.74) is 0.751. The maximum atomic E-state index is 11.2. The van der Waals surface area contributed by atoms with Crippen molar-refractivity contribution in [2.75, 3.05) is 24.8 Å². The Labute approximate surface area is 109 Å². The monoisotopic (exact) mass is 271 g/mol. The number of phenolic OH excluding ortho intramolecular Hbond substituents is 1. The lowest BCUT2D eigenvalue weighted by molar-refractivity contribution is 0.174. The zero-order valence-electron chi connectivity index (χ0n) is 10.3. The van der Waals surface area contributed by atoms with E-state index < -0.39 is 10.8 Å². The maximum Gasteiger partial charge on any atom is 0.231 e. The topological polar surface area (TPSA) is 67.8 Å². The average Bonchev–Trinajstić information content (AvgIpc) is 2.81. The lowest BCUT2D eigenvalue weighted by Crippen LogP contribution is -2.20. The number of rotatable bonds is 6. The van der Waals surface area contributed by atoms with Gasteiger partial charge in [-0.25, -0.2) is 0 Å². The molecule has 18 heavy (non-hydrogen) atoms. The van der Waals surface area contributed by atoms with Crippen LogP contribution in [0.4, 0.5) is 0 Å². The molecule has 0 amide bonds. The summed E-state index contributed by atoms with van der Waals surface area (Å²) < 4.78 is 21.6. The lowest BCUT2D eigenvalue weighted by atomic mass is 10.1. The number of phenols is 1. The van der Waals surface area contributed by atoms with E-state index in [4.69, 9.17) is 9.47 Å². The molecule has 0 fully saturated rings. The molecule has 0 bridgehead atoms. The highest BCUT2D eigenvalue weighted by Crippen LogP contribution is 2.37. The molecule has 1 aromatic rings. The van der Waals surface area contributed by atoms with Gasteiger partial charge < -0.3 is 19.9 Å². The molecule has 100 valence electrons. The van der Waals surface area contributed by atoms with E-state index in [0.717, 1.165) is 5.56 Å². The average molecular weight is 271 g/mol. The van der Waals surface area contributed by atoms with Crippen molar-refractivity contribution in [3.63, 3.8) is 0 Å². The first-order valence-corrected chi connectivity index (χ1v) is 7.36. The van der Waals surface area contributed by atoms with Crippen LogP contribution in [0.1, 0.15) is 12.5 Å². The summed E-state index contributed by atoms with van der Waals surface area (Å²) in [6.45, 7) is 3.28. The van der Waals surface area contributed by atoms with Gasteiger partial charge in [0.2, 0.25) is 6.79 Å². The second-order valence-corrected chi connectivity index (χ2v) is 5.81. The predicted octanol–water partition coefficient (Wildman–Crippen LogP) is 0.979. The Kier molecular flexibility index (Phi) is 4.43. The largest absolute Gasteiger partial charge is 0.507 e. The third kappa shape index (κ3) is 3.14. The van der Waals surface area contributed by atoms with Crippen LogP contribution < -0.4 is 14.8 Å². The SMILES string of the molecule is CCS(=O)CCNCc1cc2c(cc1O)OCO2. The van der Waals surface area contributed by atoms with E-state index in [2.05, 4.69) is 5.32 Å². The van der Waals surface area contributed by atoms with E-state index in [1.807, 2.05) is 6.92 Å². The van der Waals surface area contributed by atoms with Gasteiger partial charge in [-0.2, -0.15) is 0 Å². The van der Waals surface area contributed by atoms with Crippen LogP contribution in [0.2, 0.25) is 0 Å². The molecule has 2 N–H and O–H groups in total. The molecule has 1 aliphatic rings. The van der Waals surface area contributed by atoms with Crippen LogP contribution >= 0.6 is 0 Å². The summed E-state index contributed by atoms with van der Waals surface area (Å²) in [6, 6.07) is 3.32. The molecule has 0 saturated carbocycles. The number of benzene rings is 1. The molecule has 2 rings (SSSR count). The van der Waals surface area contributed by atoms with Crippen LogP contribution in [0.3, 0.4) is 0 Å². The quantitative estimate of drug-likeness (QED) is 0.755. The molecule has 1 aromatic carbocycles. The molecule has 5 nitrogen and oxygen atoms in total. The fourth-order valence-corrected chi connectivity index (χ4v) is 2.33. The number of hydrogen-bond acceptors (Lipinski definition) is 5. The van der Waals surface area contributed by atoms with Crippen molar-refractivity contribution < 1.29 is 18.8 Å². The van der Waals surface area contributed by atoms with Gasteiger partial charge in [0.25, 0.3) is 0 Å². The molecule has 1 unspecified atom stereocenters. The van der Waals surface area contributed by atoms with E-state index in [-0.39, 0.29) is 12.5 Å². The maximum absolute atomic E-state index is 11.2. The number of aromatic hydroxyl groups is 1. The molecule has 1 atom stereocenters. The van der Waals surface area contributed by atoms with Gasteiger partial charge in [-0.15, -0.1) is 0 Å². The van der Waals surface area contributed by atoms with Gasteiger partial charge >= 0.3 is 0 Å². The molecule has 0 radical (unpaired) electrons. The van der Waals surface area contributed by atoms with Crippen LogP contribution in [-0.4, -0.2) is 34.2 Å². The van der Waals surface area contributed by atoms with Gasteiger partial charge in [-0.05, 0) is 6.07 Å². The zero-order chi connectivity index (χ0) is 13.0. The Hall–Kier alpha value is -1.27. The van der Waals surface area contributed by atoms with Crippen LogP contribution in [0.25, 0.3) is 0 Å². The third-order valence-electron chi connectivity index (χ3n) is 2.72. The first-order valence-electron chi connectivity index (χ1n) is 5.88. The molecule has 0 aliphatic carbocycles. The summed E-state index contributed by atoms with van der Waals surface area (Å²) in [7, 11) is -0.760. The summed E-state index contributed by atoms with van der Waals surface area (Å²) >= 11 is 0. The van der Waals surface area contributed by atoms with Gasteiger partial charge in [-0.3, -0.25) is 4.21 Å². The van der Waals surface area contributed by atoms with Crippen molar-refractivity contribution in [1.29, 1.82) is 0 Å². The highest BCUT2D eigenvalue weighted by molar-refractivity contribution is 7.84. The summed E-state index contributed by atoms with van der Waals surface area (Å²) in [5.74, 6) is 2.71. The van der Waals surface area contributed by atoms with Crippen molar-refractivity contribution in [3.8, 4) is 17.2 Å². The highest BCUT2D eigenvalue weighted by atomic mass is 32.2. The van der Waals surface area contributed by atoms with E-state index >= 15 is 0 Å². The van der Waals surface area contributed by atoms with Gasteiger partial charge in [0.05, 0.1) is 0 Å². The van der Waals surface area contributed by atoms with Gasteiger partial charge in [-0.1, -0.05) is 6.92 Å². The first-order chi connectivity index (χ1) is 8.70. The fourth-order valence-electron chi connectivity index (χ4n) is 1.67. The zero-order valence-corrected chi connectivity index (χ0v) is 11.1. The minimum absolute atomic E-state index is 0.184. The first kappa shape index (κ1) is 13.2. The Morgan fingerprint density at radius 3 is 2.83 bits per heavy atom. The van der Waals surface area contributed by atoms with Crippen molar-refractivity contribution in [2.45, 2.75) is 13.5 Å². The molecule has 0 saturated heterocycles. The Balaban J connectivity index is 1.88. The summed E-state index contributed by atoms with van der Waals surface area (Å²) in [4.78, 5) is 0. The van der Waals surface area contributed by atoms with Gasteiger partial charge in [0.1, 0.15) is 5.75 Å². The Morgan fingerprint density at radius 1 is 1.39 bits per heavy atom. The number of ether oxygens (including phenoxy) is 2. The van der Waals surface area contributed by atoms with Gasteiger partial charge in [0.15, 0.2) is 11.5 Å². The predicted molar refractivity (Wildman–Crippen MR) is 69.5 cm³/mol. The molecule has 6 heteroatoms. The van der Waals surface area contributed by atoms with E-state index in [1.165, 1.54) is 0 Å². The van der Waals surface area contributed by atoms with Crippen LogP contribution in [0, 0.1) is 0 Å². The lowest BCUT2D eigenvalue weighted by Gasteiger charge is -2.07. The van der Waals surface area contributed by atoms with E-state index in [1.54, 1.807) is 12.1 Å². The number of hydrogen-bond donors (Lipinski definition) is 2. The van der Waals surface area contributed by atoms with E-state index in [0.29, 0.717) is 36.1 Å². The Bertz CT molecular complexity index is 450. The molecular formula is C12H17NO4S. The van der Waals surface area contributed by atoms with Crippen molar-refractivity contribution in [2.24, 2.45) is 0 Å². The minimum Gasteiger partial charge on any atom is -0.507 e. The second kappa shape index (κ2) is 6.06. The summed E-state index contributed by atoms with van der Waals surface area (Å²) in [6.07, 6.45) is 0. The number of nitrogens with one attached hydrogen (secondary N) is 1. The Morgan fingerprint density at radius 2 is 2.11 bits per heavy atom. The smallest absolute Gasteiger partial charge is 0.231 e. The highest BCUT2D eigenvalue weighted by Gasteiger charge is 2.16. The summed E-state index contributed by atoms with van der Waals surface area (Å²) in [5, 5.41) is 12.9. The molecule has 0 aromatic heterocycles. The minimum atomic E-state index is -0.760. The van der Waals surface area contributed by atoms with Crippen molar-refractivity contribution >= 4 is 10.8 Å². The normalized spacial score (nSPS) is 14.7. The van der Waals surface area contributed by atoms with Crippen LogP contribution in [0.5, 0.6) is 17.2 Å². The third-order valence-corrected chi connectivity index (χ3v) is 4.02.